The maximum absolute atomic E-state index is 2.41. The number of anilines is 3. The molecule has 0 unspecified atom stereocenters. The molecule has 10 rings (SSSR count). The van der Waals surface area contributed by atoms with E-state index in [1.54, 1.807) is 0 Å². The smallest absolute Gasteiger partial charge is 0.0541 e. The van der Waals surface area contributed by atoms with Crippen LogP contribution in [-0.2, 0) is 5.41 Å². The summed E-state index contributed by atoms with van der Waals surface area (Å²) in [5.74, 6) is 0. The van der Waals surface area contributed by atoms with Gasteiger partial charge in [-0.3, -0.25) is 0 Å². The summed E-state index contributed by atoms with van der Waals surface area (Å²) in [4.78, 5) is 2.40. The minimum atomic E-state index is -0.0864. The summed E-state index contributed by atoms with van der Waals surface area (Å²) in [6.45, 7) is 4.70. The zero-order chi connectivity index (χ0) is 35.5. The highest BCUT2D eigenvalue weighted by atomic mass is 15.1. The second kappa shape index (κ2) is 12.3. The molecule has 0 N–H and O–H groups in total. The molecule has 0 amide bonds. The Kier molecular flexibility index (Phi) is 7.19. The van der Waals surface area contributed by atoms with E-state index in [9.17, 15) is 0 Å². The molecule has 2 nitrogen and oxygen atoms in total. The normalized spacial score (nSPS) is 12.9. The van der Waals surface area contributed by atoms with Crippen molar-refractivity contribution in [3.05, 3.63) is 205 Å². The molecule has 2 heteroatoms. The molecular weight excluding hydrogens is 641 g/mol. The van der Waals surface area contributed by atoms with Crippen molar-refractivity contribution in [3.8, 4) is 39.1 Å². The number of benzene rings is 8. The van der Waals surface area contributed by atoms with Crippen LogP contribution in [0.4, 0.5) is 17.1 Å². The van der Waals surface area contributed by atoms with Crippen molar-refractivity contribution in [1.29, 1.82) is 0 Å². The van der Waals surface area contributed by atoms with Crippen molar-refractivity contribution in [1.82, 2.24) is 4.57 Å². The van der Waals surface area contributed by atoms with Gasteiger partial charge in [0.05, 0.1) is 11.0 Å². The molecule has 1 aliphatic rings. The molecule has 0 atom stereocenters. The van der Waals surface area contributed by atoms with E-state index in [-0.39, 0.29) is 8.27 Å². The van der Waals surface area contributed by atoms with Crippen LogP contribution in [0.25, 0.3) is 60.9 Å². The highest BCUT2D eigenvalue weighted by Crippen LogP contribution is 2.50. The Morgan fingerprint density at radius 3 is 1.66 bits per heavy atom. The number of rotatable bonds is 6. The third-order valence-corrected chi connectivity index (χ3v) is 11.2. The summed E-state index contributed by atoms with van der Waals surface area (Å²) in [7, 11) is 0. The Bertz CT molecular complexity index is 2790. The van der Waals surface area contributed by atoms with Gasteiger partial charge >= 0.3 is 0 Å². The Morgan fingerprint density at radius 1 is 0.396 bits per heavy atom. The Morgan fingerprint density at radius 2 is 0.925 bits per heavy atom. The quantitative estimate of drug-likeness (QED) is 0.169. The zero-order valence-electron chi connectivity index (χ0n) is 29.9. The lowest BCUT2D eigenvalue weighted by Crippen LogP contribution is -2.16. The third kappa shape index (κ3) is 5.10. The molecule has 0 radical (unpaired) electrons. The molecule has 0 fully saturated rings. The summed E-state index contributed by atoms with van der Waals surface area (Å²) in [5.41, 5.74) is 17.2. The van der Waals surface area contributed by atoms with Crippen molar-refractivity contribution in [3.63, 3.8) is 0 Å². The van der Waals surface area contributed by atoms with E-state index in [1.165, 1.54) is 72.0 Å². The maximum Gasteiger partial charge on any atom is 0.0541 e. The highest BCUT2D eigenvalue weighted by molar-refractivity contribution is 6.10. The number of aromatic nitrogens is 1. The molecular formula is C51H42N2. The summed E-state index contributed by atoms with van der Waals surface area (Å²) in [5, 5.41) is 2.52. The predicted octanol–water partition coefficient (Wildman–Crippen LogP) is 14.4. The molecule has 1 aromatic heterocycles. The van der Waals surface area contributed by atoms with E-state index in [0.29, 0.717) is 0 Å². The van der Waals surface area contributed by atoms with Gasteiger partial charge in [-0.25, -0.2) is 0 Å². The number of para-hydroxylation sites is 2. The molecule has 0 bridgehead atoms. The van der Waals surface area contributed by atoms with Crippen LogP contribution in [0.2, 0.25) is 0 Å². The first kappa shape index (κ1) is 31.1. The van der Waals surface area contributed by atoms with Crippen LogP contribution >= 0.6 is 0 Å². The SMILES string of the molecule is CC1(C)c2ccccc2-c2ccc(N(c3ccc(-c4ccccc4)cc3)c3ccc(-c4ccc5c(c4)c4ccccc4n5-c4ccccc4)cc3)cc21.[HH].[HH]. The van der Waals surface area contributed by atoms with E-state index >= 15 is 0 Å². The molecule has 0 aliphatic heterocycles. The van der Waals surface area contributed by atoms with Crippen molar-refractivity contribution in [2.24, 2.45) is 0 Å². The lowest BCUT2D eigenvalue weighted by atomic mass is 9.82. The summed E-state index contributed by atoms with van der Waals surface area (Å²) in [6.07, 6.45) is 0. The summed E-state index contributed by atoms with van der Waals surface area (Å²) in [6, 6.07) is 70.8. The van der Waals surface area contributed by atoms with Gasteiger partial charge in [0.15, 0.2) is 0 Å². The molecule has 0 saturated carbocycles. The number of hydrogen-bond acceptors (Lipinski definition) is 1. The fourth-order valence-electron chi connectivity index (χ4n) is 8.52. The van der Waals surface area contributed by atoms with Crippen molar-refractivity contribution >= 4 is 38.9 Å². The Balaban J connectivity index is 0.00000214. The van der Waals surface area contributed by atoms with Crippen LogP contribution in [0.15, 0.2) is 194 Å². The molecule has 1 aliphatic carbocycles. The lowest BCUT2D eigenvalue weighted by molar-refractivity contribution is 0.660. The molecule has 0 spiro atoms. The van der Waals surface area contributed by atoms with Gasteiger partial charge in [-0.05, 0) is 111 Å². The van der Waals surface area contributed by atoms with Gasteiger partial charge in [0.1, 0.15) is 0 Å². The molecule has 256 valence electrons. The minimum absolute atomic E-state index is 0. The van der Waals surface area contributed by atoms with Crippen molar-refractivity contribution in [2.45, 2.75) is 19.3 Å². The van der Waals surface area contributed by atoms with Gasteiger partial charge in [-0.15, -0.1) is 0 Å². The van der Waals surface area contributed by atoms with Gasteiger partial charge in [-0.1, -0.05) is 141 Å². The van der Waals surface area contributed by atoms with E-state index in [2.05, 4.69) is 217 Å². The second-order valence-electron chi connectivity index (χ2n) is 14.6. The second-order valence-corrected chi connectivity index (χ2v) is 14.6. The van der Waals surface area contributed by atoms with Crippen LogP contribution in [0.1, 0.15) is 27.8 Å². The Labute approximate surface area is 313 Å². The van der Waals surface area contributed by atoms with Crippen LogP contribution in [0.3, 0.4) is 0 Å². The average Bonchev–Trinajstić information content (AvgIpc) is 3.67. The van der Waals surface area contributed by atoms with Gasteiger partial charge in [0.25, 0.3) is 0 Å². The van der Waals surface area contributed by atoms with E-state index < -0.39 is 0 Å². The van der Waals surface area contributed by atoms with Crippen LogP contribution < -0.4 is 4.90 Å². The van der Waals surface area contributed by atoms with Gasteiger partial charge in [-0.2, -0.15) is 0 Å². The van der Waals surface area contributed by atoms with Gasteiger partial charge < -0.3 is 9.47 Å². The Hall–Kier alpha value is -6.64. The number of nitrogens with zero attached hydrogens (tertiary/aromatic N) is 2. The average molecular weight is 683 g/mol. The standard InChI is InChI=1S/C51H38N2.2H2/c1-51(2)47-19-11-9-17-43(47)44-31-30-42(34-48(44)51)52(40-26-21-36(22-27-40)35-13-5-3-6-14-35)41-28-23-37(24-29-41)38-25-32-50-46(33-38)45-18-10-12-20-49(45)53(50)39-15-7-4-8-16-39;;/h3-34H,1-2H3;2*1H. The van der Waals surface area contributed by atoms with E-state index in [1.807, 2.05) is 0 Å². The largest absolute Gasteiger partial charge is 0.310 e. The van der Waals surface area contributed by atoms with E-state index in [4.69, 9.17) is 0 Å². The van der Waals surface area contributed by atoms with Crippen molar-refractivity contribution in [2.75, 3.05) is 4.90 Å². The van der Waals surface area contributed by atoms with Crippen molar-refractivity contribution < 1.29 is 2.85 Å². The number of hydrogen-bond donors (Lipinski definition) is 0. The van der Waals surface area contributed by atoms with Crippen LogP contribution in [0.5, 0.6) is 0 Å². The zero-order valence-corrected chi connectivity index (χ0v) is 29.9. The topological polar surface area (TPSA) is 8.17 Å². The molecule has 8 aromatic carbocycles. The summed E-state index contributed by atoms with van der Waals surface area (Å²) < 4.78 is 2.37. The first-order valence-corrected chi connectivity index (χ1v) is 18.4. The fourth-order valence-corrected chi connectivity index (χ4v) is 8.52. The van der Waals surface area contributed by atoms with Gasteiger partial charge in [0, 0.05) is 41.8 Å². The third-order valence-electron chi connectivity index (χ3n) is 11.2. The monoisotopic (exact) mass is 682 g/mol. The lowest BCUT2D eigenvalue weighted by Gasteiger charge is -2.28. The minimum Gasteiger partial charge on any atom is -0.310 e. The maximum atomic E-state index is 2.41. The van der Waals surface area contributed by atoms with Gasteiger partial charge in [0.2, 0.25) is 0 Å². The predicted molar refractivity (Wildman–Crippen MR) is 228 cm³/mol. The molecule has 0 saturated heterocycles. The van der Waals surface area contributed by atoms with Crippen LogP contribution in [0, 0.1) is 0 Å². The number of fused-ring (bicyclic) bond motifs is 6. The fraction of sp³-hybridized carbons (Fsp3) is 0.0588. The molecule has 1 heterocycles. The summed E-state index contributed by atoms with van der Waals surface area (Å²) >= 11 is 0. The molecule has 9 aromatic rings. The first-order chi connectivity index (χ1) is 26.0. The highest BCUT2D eigenvalue weighted by Gasteiger charge is 2.35. The molecule has 53 heavy (non-hydrogen) atoms. The van der Waals surface area contributed by atoms with Crippen LogP contribution in [-0.4, -0.2) is 4.57 Å². The first-order valence-electron chi connectivity index (χ1n) is 18.4. The van der Waals surface area contributed by atoms with E-state index in [0.717, 1.165) is 17.1 Å².